The smallest absolute Gasteiger partial charge is 0.127 e. The Balaban J connectivity index is 0.000000235. The summed E-state index contributed by atoms with van der Waals surface area (Å²) in [7, 11) is 0. The fraction of sp³-hybridized carbons (Fsp3) is 0.220. The molecule has 0 saturated carbocycles. The topological polar surface area (TPSA) is 18.5 Å². The first-order valence-corrected chi connectivity index (χ1v) is 29.7. The van der Waals surface area contributed by atoms with Gasteiger partial charge in [-0.15, -0.1) is 0 Å². The van der Waals surface area contributed by atoms with Gasteiger partial charge in [-0.1, -0.05) is 237 Å². The van der Waals surface area contributed by atoms with Crippen LogP contribution in [0.5, 0.6) is 23.0 Å². The van der Waals surface area contributed by atoms with Crippen molar-refractivity contribution in [1.29, 1.82) is 0 Å². The number of fused-ring (bicyclic) bond motifs is 2. The molecule has 435 valence electrons. The van der Waals surface area contributed by atoms with Crippen molar-refractivity contribution in [3.05, 3.63) is 334 Å². The van der Waals surface area contributed by atoms with Crippen LogP contribution in [0.15, 0.2) is 261 Å². The Hall–Kier alpha value is -7.62. The van der Waals surface area contributed by atoms with Crippen LogP contribution in [0.25, 0.3) is 21.9 Å². The Morgan fingerprint density at radius 2 is 0.671 bits per heavy atom. The Morgan fingerprint density at radius 3 is 1.04 bits per heavy atom. The normalized spacial score (nSPS) is 12.6. The molecule has 11 aromatic carbocycles. The quantitative estimate of drug-likeness (QED) is 0.155. The molecule has 1 aliphatic carbocycles. The van der Waals surface area contributed by atoms with Crippen LogP contribution in [0.4, 0.5) is 0 Å². The molecule has 85 heavy (non-hydrogen) atoms. The molecular formula is C82H90O2Y-2. The van der Waals surface area contributed by atoms with Gasteiger partial charge >= 0.3 is 0 Å². The molecule has 1 atom stereocenters. The molecule has 1 aliphatic rings. The summed E-state index contributed by atoms with van der Waals surface area (Å²) in [4.78, 5) is 0. The van der Waals surface area contributed by atoms with Crippen molar-refractivity contribution in [3.63, 3.8) is 0 Å². The second-order valence-corrected chi connectivity index (χ2v) is 21.7. The van der Waals surface area contributed by atoms with E-state index < -0.39 is 0 Å². The molecule has 11 aromatic rings. The summed E-state index contributed by atoms with van der Waals surface area (Å²) < 4.78 is 11.9. The van der Waals surface area contributed by atoms with Crippen LogP contribution in [0, 0.1) is 67.5 Å². The van der Waals surface area contributed by atoms with Crippen molar-refractivity contribution >= 4 is 10.8 Å². The largest absolute Gasteiger partial charge is 0.457 e. The van der Waals surface area contributed by atoms with E-state index >= 15 is 0 Å². The molecule has 1 unspecified atom stereocenters. The van der Waals surface area contributed by atoms with Crippen molar-refractivity contribution in [2.24, 2.45) is 0 Å². The van der Waals surface area contributed by atoms with Crippen molar-refractivity contribution in [2.75, 3.05) is 0 Å². The molecule has 0 aliphatic heterocycles. The fourth-order valence-corrected chi connectivity index (χ4v) is 9.97. The zero-order valence-corrected chi connectivity index (χ0v) is 56.3. The van der Waals surface area contributed by atoms with Crippen molar-refractivity contribution in [2.45, 2.75) is 121 Å². The number of aryl methyl sites for hydroxylation is 8. The van der Waals surface area contributed by atoms with E-state index in [1.807, 2.05) is 155 Å². The summed E-state index contributed by atoms with van der Waals surface area (Å²) in [6, 6.07) is 95.2. The van der Waals surface area contributed by atoms with Crippen molar-refractivity contribution in [1.82, 2.24) is 0 Å². The van der Waals surface area contributed by atoms with Crippen LogP contribution >= 0.6 is 0 Å². The minimum atomic E-state index is 0. The Kier molecular flexibility index (Phi) is 29.8. The van der Waals surface area contributed by atoms with E-state index in [0.717, 1.165) is 34.1 Å². The third-order valence-electron chi connectivity index (χ3n) is 14.3. The SMILES string of the molecule is CC.CC.Cc1cc[c-]cc1.Cc1cc[c-]cc1.Cc1ccc(C2(C)CC(C)(C)c3ccccc32)cc1.Cc1cccc(Oc2ccc(-c3ccc(Oc4cccc(C)c4)cc3)cc2)c1.Cc1cccc2c(C)cccc12.Cc1ccccc1.[Y]. The first-order valence-electron chi connectivity index (χ1n) is 29.7. The molecule has 0 saturated heterocycles. The number of benzene rings is 11. The van der Waals surface area contributed by atoms with Crippen molar-refractivity contribution in [3.8, 4) is 34.1 Å². The summed E-state index contributed by atoms with van der Waals surface area (Å²) in [5.41, 5.74) is 17.5. The maximum atomic E-state index is 5.93. The summed E-state index contributed by atoms with van der Waals surface area (Å²) in [5, 5.41) is 2.75. The predicted molar refractivity (Wildman–Crippen MR) is 363 cm³/mol. The molecule has 0 fully saturated rings. The molecular weight excluding hydrogens is 1110 g/mol. The van der Waals surface area contributed by atoms with E-state index in [2.05, 4.69) is 222 Å². The molecule has 1 radical (unpaired) electrons. The van der Waals surface area contributed by atoms with Gasteiger partial charge in [0.25, 0.3) is 0 Å². The number of hydrogen-bond donors (Lipinski definition) is 0. The second kappa shape index (κ2) is 36.3. The first kappa shape index (κ1) is 69.9. The molecule has 2 nitrogen and oxygen atoms in total. The van der Waals surface area contributed by atoms with E-state index in [9.17, 15) is 0 Å². The third-order valence-corrected chi connectivity index (χ3v) is 14.3. The van der Waals surface area contributed by atoms with E-state index in [1.54, 1.807) is 0 Å². The van der Waals surface area contributed by atoms with Crippen LogP contribution in [0.2, 0.25) is 0 Å². The molecule has 3 heteroatoms. The number of hydrogen-bond acceptors (Lipinski definition) is 2. The summed E-state index contributed by atoms with van der Waals surface area (Å²) >= 11 is 0. The van der Waals surface area contributed by atoms with Gasteiger partial charge < -0.3 is 9.47 Å². The van der Waals surface area contributed by atoms with Gasteiger partial charge in [-0.2, -0.15) is 71.8 Å². The van der Waals surface area contributed by atoms with Crippen LogP contribution in [0.1, 0.15) is 116 Å². The molecule has 0 bridgehead atoms. The van der Waals surface area contributed by atoms with E-state index in [0.29, 0.717) is 0 Å². The molecule has 0 N–H and O–H groups in total. The number of ether oxygens (including phenoxy) is 2. The standard InChI is InChI=1S/C26H22O2.C19H22.C12H12.C7H8.2C7H7.2C2H6.Y/c1-19-5-3-7-25(17-19)27-23-13-9-21(10-14-23)22-11-15-24(16-12-22)28-26-8-4-6-20(2)18-26;1-14-9-11-15(12-10-14)19(4)13-18(2,3)16-7-5-6-8-17(16)19;1-9-5-3-8-12-10(2)6-4-7-11(9)12;3*1-7-5-3-2-4-6-7;2*1-2;/h3-18H,1-2H3;5-12H,13H2,1-4H3;3-8H,1-2H3;2-6H,1H3;2*3-6H,1H3;2*1-2H3;/q;;;;2*-1;;;. The van der Waals surface area contributed by atoms with Gasteiger partial charge in [-0.25, -0.2) is 0 Å². The van der Waals surface area contributed by atoms with E-state index in [4.69, 9.17) is 9.47 Å². The zero-order chi connectivity index (χ0) is 60.9. The van der Waals surface area contributed by atoms with Crippen LogP contribution < -0.4 is 9.47 Å². The minimum Gasteiger partial charge on any atom is -0.457 e. The van der Waals surface area contributed by atoms with Gasteiger partial charge in [0.1, 0.15) is 23.0 Å². The number of rotatable bonds is 6. The van der Waals surface area contributed by atoms with Gasteiger partial charge in [0.05, 0.1) is 0 Å². The fourth-order valence-electron chi connectivity index (χ4n) is 9.97. The van der Waals surface area contributed by atoms with Crippen molar-refractivity contribution < 1.29 is 42.2 Å². The monoisotopic (exact) mass is 1200 g/mol. The molecule has 0 amide bonds. The second-order valence-electron chi connectivity index (χ2n) is 21.7. The van der Waals surface area contributed by atoms with Gasteiger partial charge in [0, 0.05) is 38.1 Å². The average Bonchev–Trinajstić information content (AvgIpc) is 2.38. The van der Waals surface area contributed by atoms with Gasteiger partial charge in [-0.05, 0) is 163 Å². The molecule has 0 spiro atoms. The summed E-state index contributed by atoms with van der Waals surface area (Å²) in [6.07, 6.45) is 1.18. The van der Waals surface area contributed by atoms with Crippen LogP contribution in [-0.4, -0.2) is 0 Å². The molecule has 12 rings (SSSR count). The van der Waals surface area contributed by atoms with Gasteiger partial charge in [-0.3, -0.25) is 0 Å². The molecule has 0 aromatic heterocycles. The third kappa shape index (κ3) is 22.4. The van der Waals surface area contributed by atoms with Gasteiger partial charge in [0.15, 0.2) is 0 Å². The Labute approximate surface area is 538 Å². The first-order chi connectivity index (χ1) is 40.6. The average molecular weight is 1200 g/mol. The molecule has 0 heterocycles. The Bertz CT molecular complexity index is 3390. The minimum absolute atomic E-state index is 0. The zero-order valence-electron chi connectivity index (χ0n) is 53.4. The summed E-state index contributed by atoms with van der Waals surface area (Å²) in [5.74, 6) is 3.36. The van der Waals surface area contributed by atoms with Gasteiger partial charge in [0.2, 0.25) is 0 Å². The summed E-state index contributed by atoms with van der Waals surface area (Å²) in [6.45, 7) is 31.9. The van der Waals surface area contributed by atoms with E-state index in [1.165, 1.54) is 78.4 Å². The predicted octanol–water partition coefficient (Wildman–Crippen LogP) is 23.6. The maximum absolute atomic E-state index is 5.93. The van der Waals surface area contributed by atoms with E-state index in [-0.39, 0.29) is 43.5 Å². The van der Waals surface area contributed by atoms with Crippen LogP contribution in [0.3, 0.4) is 0 Å². The maximum Gasteiger partial charge on any atom is 0.127 e. The van der Waals surface area contributed by atoms with Crippen LogP contribution in [-0.2, 0) is 43.5 Å². The Morgan fingerprint density at radius 1 is 0.318 bits per heavy atom.